The third kappa shape index (κ3) is 12.6. The zero-order chi connectivity index (χ0) is 17.5. The minimum Gasteiger partial charge on any atom is -0.494 e. The molecule has 7 heteroatoms. The maximum Gasteiger partial charge on any atom is 0.331 e. The van der Waals surface area contributed by atoms with Gasteiger partial charge in [0.05, 0.1) is 13.7 Å². The maximum atomic E-state index is 10.8. The lowest BCUT2D eigenvalue weighted by molar-refractivity contribution is -0.146. The van der Waals surface area contributed by atoms with Crippen molar-refractivity contribution in [3.05, 3.63) is 29.8 Å². The van der Waals surface area contributed by atoms with Crippen molar-refractivity contribution in [1.82, 2.24) is 0 Å². The van der Waals surface area contributed by atoms with Crippen LogP contribution in [-0.2, 0) is 25.5 Å². The lowest BCUT2D eigenvalue weighted by Gasteiger charge is -2.08. The number of carbonyl (C=O) groups is 1. The molecule has 0 amide bonds. The summed E-state index contributed by atoms with van der Waals surface area (Å²) in [6.07, 6.45) is 3.85. The number of rotatable bonds is 14. The van der Waals surface area contributed by atoms with E-state index in [1.165, 1.54) is 7.11 Å². The van der Waals surface area contributed by atoms with Crippen LogP contribution >= 0.6 is 12.4 Å². The molecule has 0 spiro atoms. The van der Waals surface area contributed by atoms with Gasteiger partial charge in [-0.1, -0.05) is 12.1 Å². The second kappa shape index (κ2) is 16.1. The Labute approximate surface area is 156 Å². The Bertz CT molecular complexity index is 459. The van der Waals surface area contributed by atoms with Crippen molar-refractivity contribution in [3.8, 4) is 5.75 Å². The van der Waals surface area contributed by atoms with E-state index in [-0.39, 0.29) is 25.0 Å². The Morgan fingerprint density at radius 2 is 1.72 bits per heavy atom. The van der Waals surface area contributed by atoms with Crippen LogP contribution < -0.4 is 10.5 Å². The average Bonchev–Trinajstić information content (AvgIpc) is 2.62. The molecule has 0 aliphatic carbocycles. The van der Waals surface area contributed by atoms with Crippen molar-refractivity contribution in [2.24, 2.45) is 5.73 Å². The molecule has 1 aromatic carbocycles. The summed E-state index contributed by atoms with van der Waals surface area (Å²) < 4.78 is 20.8. The summed E-state index contributed by atoms with van der Waals surface area (Å²) in [6.45, 7) is 3.12. The highest BCUT2D eigenvalue weighted by Crippen LogP contribution is 2.13. The fraction of sp³-hybridized carbons (Fsp3) is 0.611. The number of halogens is 1. The molecule has 1 aromatic rings. The van der Waals surface area contributed by atoms with Crippen LogP contribution in [0.5, 0.6) is 5.75 Å². The molecule has 0 aliphatic rings. The van der Waals surface area contributed by atoms with Crippen molar-refractivity contribution >= 4 is 18.4 Å². The van der Waals surface area contributed by atoms with Gasteiger partial charge in [0.2, 0.25) is 0 Å². The van der Waals surface area contributed by atoms with E-state index in [2.05, 4.69) is 4.74 Å². The van der Waals surface area contributed by atoms with Gasteiger partial charge >= 0.3 is 5.97 Å². The molecule has 144 valence electrons. The standard InChI is InChI=1S/C18H29NO5.ClH/c1-21-18(20)15-23-11-6-10-22-9-3-2-4-12-24-17-8-5-7-16(13-17)14-19;/h5,7-8,13H,2-4,6,9-12,14-15,19H2,1H3;1H. The van der Waals surface area contributed by atoms with E-state index < -0.39 is 0 Å². The predicted octanol–water partition coefficient (Wildman–Crippen LogP) is 2.71. The smallest absolute Gasteiger partial charge is 0.331 e. The molecule has 0 bridgehead atoms. The Morgan fingerprint density at radius 1 is 1.00 bits per heavy atom. The number of ether oxygens (including phenoxy) is 4. The molecule has 0 atom stereocenters. The van der Waals surface area contributed by atoms with Gasteiger partial charge in [0.1, 0.15) is 12.4 Å². The molecule has 0 fully saturated rings. The molecule has 0 unspecified atom stereocenters. The van der Waals surface area contributed by atoms with Crippen molar-refractivity contribution in [2.45, 2.75) is 32.2 Å². The molecule has 0 heterocycles. The number of hydrogen-bond donors (Lipinski definition) is 1. The first-order chi connectivity index (χ1) is 11.8. The number of benzene rings is 1. The minimum atomic E-state index is -0.354. The van der Waals surface area contributed by atoms with Crippen LogP contribution in [0.2, 0.25) is 0 Å². The summed E-state index contributed by atoms with van der Waals surface area (Å²) in [4.78, 5) is 10.8. The zero-order valence-electron chi connectivity index (χ0n) is 14.9. The third-order valence-corrected chi connectivity index (χ3v) is 3.36. The van der Waals surface area contributed by atoms with Crippen LogP contribution in [0.3, 0.4) is 0 Å². The molecular weight excluding hydrogens is 346 g/mol. The van der Waals surface area contributed by atoms with Gasteiger partial charge in [-0.3, -0.25) is 0 Å². The number of esters is 1. The summed E-state index contributed by atoms with van der Waals surface area (Å²) in [5, 5.41) is 0. The Morgan fingerprint density at radius 3 is 2.48 bits per heavy atom. The fourth-order valence-corrected chi connectivity index (χ4v) is 2.01. The second-order valence-corrected chi connectivity index (χ2v) is 5.36. The van der Waals surface area contributed by atoms with E-state index in [0.717, 1.165) is 43.6 Å². The van der Waals surface area contributed by atoms with Crippen molar-refractivity contribution in [2.75, 3.05) is 40.1 Å². The molecule has 0 saturated heterocycles. The molecule has 2 N–H and O–H groups in total. The summed E-state index contributed by atoms with van der Waals surface area (Å²) in [6, 6.07) is 7.88. The zero-order valence-corrected chi connectivity index (χ0v) is 15.7. The third-order valence-electron chi connectivity index (χ3n) is 3.36. The van der Waals surface area contributed by atoms with Gasteiger partial charge in [-0.2, -0.15) is 0 Å². The first kappa shape index (κ1) is 23.7. The van der Waals surface area contributed by atoms with E-state index in [9.17, 15) is 4.79 Å². The Balaban J connectivity index is 0.00000576. The number of nitrogens with two attached hydrogens (primary N) is 1. The highest BCUT2D eigenvalue weighted by Gasteiger charge is 1.99. The highest BCUT2D eigenvalue weighted by atomic mass is 35.5. The molecule has 0 saturated carbocycles. The van der Waals surface area contributed by atoms with Crippen molar-refractivity contribution in [1.29, 1.82) is 0 Å². The molecule has 1 rings (SSSR count). The van der Waals surface area contributed by atoms with E-state index in [1.54, 1.807) is 0 Å². The number of unbranched alkanes of at least 4 members (excludes halogenated alkanes) is 2. The van der Waals surface area contributed by atoms with Crippen molar-refractivity contribution in [3.63, 3.8) is 0 Å². The van der Waals surface area contributed by atoms with Crippen LogP contribution in [0.4, 0.5) is 0 Å². The topological polar surface area (TPSA) is 80.0 Å². The van der Waals surface area contributed by atoms with E-state index >= 15 is 0 Å². The monoisotopic (exact) mass is 375 g/mol. The van der Waals surface area contributed by atoms with Crippen LogP contribution in [0, 0.1) is 0 Å². The first-order valence-electron chi connectivity index (χ1n) is 8.40. The fourth-order valence-electron chi connectivity index (χ4n) is 2.01. The van der Waals surface area contributed by atoms with Crippen LogP contribution in [0.25, 0.3) is 0 Å². The summed E-state index contributed by atoms with van der Waals surface area (Å²) in [5.74, 6) is 0.522. The normalized spacial score (nSPS) is 10.2. The lowest BCUT2D eigenvalue weighted by atomic mass is 10.2. The molecule has 0 radical (unpaired) electrons. The molecule has 0 aliphatic heterocycles. The second-order valence-electron chi connectivity index (χ2n) is 5.36. The van der Waals surface area contributed by atoms with Gasteiger partial charge < -0.3 is 24.7 Å². The van der Waals surface area contributed by atoms with Gasteiger partial charge in [0.25, 0.3) is 0 Å². The van der Waals surface area contributed by atoms with Gasteiger partial charge in [-0.05, 0) is 43.4 Å². The first-order valence-corrected chi connectivity index (χ1v) is 8.40. The molecule has 0 aromatic heterocycles. The van der Waals surface area contributed by atoms with Crippen LogP contribution in [0.1, 0.15) is 31.2 Å². The Kier molecular flexibility index (Phi) is 15.3. The summed E-state index contributed by atoms with van der Waals surface area (Å²) in [7, 11) is 1.34. The number of hydrogen-bond acceptors (Lipinski definition) is 6. The quantitative estimate of drug-likeness (QED) is 0.398. The summed E-state index contributed by atoms with van der Waals surface area (Å²) in [5.41, 5.74) is 6.68. The number of carbonyl (C=O) groups excluding carboxylic acids is 1. The largest absolute Gasteiger partial charge is 0.494 e. The van der Waals surface area contributed by atoms with E-state index in [1.807, 2.05) is 24.3 Å². The lowest BCUT2D eigenvalue weighted by Crippen LogP contribution is -2.11. The molecular formula is C18H30ClNO5. The van der Waals surface area contributed by atoms with Gasteiger partial charge in [0, 0.05) is 26.4 Å². The highest BCUT2D eigenvalue weighted by molar-refractivity contribution is 5.85. The van der Waals surface area contributed by atoms with Gasteiger partial charge in [-0.25, -0.2) is 4.79 Å². The van der Waals surface area contributed by atoms with Gasteiger partial charge in [-0.15, -0.1) is 12.4 Å². The van der Waals surface area contributed by atoms with Crippen LogP contribution in [0.15, 0.2) is 24.3 Å². The van der Waals surface area contributed by atoms with Crippen LogP contribution in [-0.4, -0.2) is 46.1 Å². The Hall–Kier alpha value is -1.34. The molecule has 25 heavy (non-hydrogen) atoms. The molecule has 6 nitrogen and oxygen atoms in total. The van der Waals surface area contributed by atoms with Gasteiger partial charge in [0.15, 0.2) is 0 Å². The SMILES string of the molecule is COC(=O)COCCCOCCCCCOc1cccc(CN)c1.Cl. The van der Waals surface area contributed by atoms with E-state index in [0.29, 0.717) is 26.4 Å². The minimum absolute atomic E-state index is 0. The van der Waals surface area contributed by atoms with E-state index in [4.69, 9.17) is 19.9 Å². The predicted molar refractivity (Wildman–Crippen MR) is 99.2 cm³/mol. The number of methoxy groups -OCH3 is 1. The van der Waals surface area contributed by atoms with Crippen molar-refractivity contribution < 1.29 is 23.7 Å². The summed E-state index contributed by atoms with van der Waals surface area (Å²) >= 11 is 0. The maximum absolute atomic E-state index is 10.8. The average molecular weight is 376 g/mol.